The van der Waals surface area contributed by atoms with Gasteiger partial charge in [0.05, 0.1) is 5.56 Å². The summed E-state index contributed by atoms with van der Waals surface area (Å²) in [6, 6.07) is 9.12. The van der Waals surface area contributed by atoms with E-state index in [0.717, 1.165) is 4.90 Å². The number of benzene rings is 1. The molecule has 4 heteroatoms. The summed E-state index contributed by atoms with van der Waals surface area (Å²) in [6.45, 7) is 3.72. The Kier molecular flexibility index (Phi) is 4.39. The van der Waals surface area contributed by atoms with Crippen molar-refractivity contribution in [2.75, 3.05) is 0 Å². The van der Waals surface area contributed by atoms with Crippen LogP contribution in [0.5, 0.6) is 0 Å². The van der Waals surface area contributed by atoms with Gasteiger partial charge in [-0.25, -0.2) is 0 Å². The molecule has 0 aliphatic carbocycles. The molecule has 1 rings (SSSR count). The second kappa shape index (κ2) is 5.57. The van der Waals surface area contributed by atoms with Crippen molar-refractivity contribution in [3.05, 3.63) is 29.8 Å². The van der Waals surface area contributed by atoms with Gasteiger partial charge in [0.15, 0.2) is 0 Å². The fourth-order valence-electron chi connectivity index (χ4n) is 1.27. The number of aliphatic carboxylic acids is 1. The fourth-order valence-corrected chi connectivity index (χ4v) is 2.31. The minimum absolute atomic E-state index is 0.0225. The van der Waals surface area contributed by atoms with Crippen LogP contribution in [0.25, 0.3) is 0 Å². The van der Waals surface area contributed by atoms with Gasteiger partial charge in [-0.3, -0.25) is 4.79 Å². The maximum absolute atomic E-state index is 11.0. The number of thioether (sulfide) groups is 1. The van der Waals surface area contributed by atoms with Crippen LogP contribution in [-0.4, -0.2) is 16.3 Å². The highest BCUT2D eigenvalue weighted by atomic mass is 32.2. The number of rotatable bonds is 4. The number of hydrogen-bond acceptors (Lipinski definition) is 3. The molecule has 0 spiro atoms. The highest BCUT2D eigenvalue weighted by Crippen LogP contribution is 2.30. The van der Waals surface area contributed by atoms with E-state index in [0.29, 0.717) is 5.56 Å². The van der Waals surface area contributed by atoms with E-state index >= 15 is 0 Å². The molecule has 1 aromatic carbocycles. The predicted octanol–water partition coefficient (Wildman–Crippen LogP) is 2.76. The van der Waals surface area contributed by atoms with E-state index in [1.165, 1.54) is 11.8 Å². The Morgan fingerprint density at radius 3 is 2.56 bits per heavy atom. The minimum Gasteiger partial charge on any atom is -0.480 e. The molecule has 0 heterocycles. The Hall–Kier alpha value is -1.47. The number of hydrogen-bond donors (Lipinski definition) is 1. The van der Waals surface area contributed by atoms with Gasteiger partial charge in [0.2, 0.25) is 0 Å². The molecule has 0 fully saturated rings. The van der Waals surface area contributed by atoms with Crippen molar-refractivity contribution in [3.8, 4) is 6.07 Å². The Labute approximate surface area is 99.1 Å². The zero-order valence-electron chi connectivity index (χ0n) is 9.18. The van der Waals surface area contributed by atoms with Gasteiger partial charge in [0.25, 0.3) is 0 Å². The van der Waals surface area contributed by atoms with Crippen LogP contribution in [0.3, 0.4) is 0 Å². The Bertz CT molecular complexity index is 423. The molecule has 16 heavy (non-hydrogen) atoms. The molecule has 3 nitrogen and oxygen atoms in total. The molecular weight excluding hydrogens is 222 g/mol. The zero-order valence-corrected chi connectivity index (χ0v) is 9.99. The lowest BCUT2D eigenvalue weighted by Gasteiger charge is -2.15. The number of carboxylic acids is 1. The van der Waals surface area contributed by atoms with Gasteiger partial charge in [0.1, 0.15) is 11.3 Å². The summed E-state index contributed by atoms with van der Waals surface area (Å²) in [5, 5.41) is 17.4. The lowest BCUT2D eigenvalue weighted by atomic mass is 10.1. The smallest absolute Gasteiger partial charge is 0.317 e. The van der Waals surface area contributed by atoms with Gasteiger partial charge in [-0.15, -0.1) is 11.8 Å². The molecular formula is C12H13NO2S. The standard InChI is InChI=1S/C12H13NO2S/c1-8(2)11(12(14)15)16-10-6-4-3-5-9(10)7-13/h3-6,8,11H,1-2H3,(H,14,15). The third-order valence-corrected chi connectivity index (χ3v) is 3.72. The third-order valence-electron chi connectivity index (χ3n) is 2.11. The largest absolute Gasteiger partial charge is 0.480 e. The van der Waals surface area contributed by atoms with Crippen LogP contribution in [0.2, 0.25) is 0 Å². The molecule has 1 N–H and O–H groups in total. The van der Waals surface area contributed by atoms with Crippen molar-refractivity contribution in [2.24, 2.45) is 5.92 Å². The monoisotopic (exact) mass is 235 g/mol. The van der Waals surface area contributed by atoms with E-state index in [1.54, 1.807) is 18.2 Å². The quantitative estimate of drug-likeness (QED) is 0.815. The van der Waals surface area contributed by atoms with E-state index in [4.69, 9.17) is 10.4 Å². The third kappa shape index (κ3) is 3.01. The zero-order chi connectivity index (χ0) is 12.1. The van der Waals surface area contributed by atoms with E-state index in [1.807, 2.05) is 19.9 Å². The maximum atomic E-state index is 11.0. The van der Waals surface area contributed by atoms with Crippen LogP contribution in [0, 0.1) is 17.2 Å². The fraction of sp³-hybridized carbons (Fsp3) is 0.333. The number of nitriles is 1. The minimum atomic E-state index is -0.840. The highest BCUT2D eigenvalue weighted by molar-refractivity contribution is 8.00. The maximum Gasteiger partial charge on any atom is 0.317 e. The topological polar surface area (TPSA) is 61.1 Å². The molecule has 1 atom stereocenters. The Balaban J connectivity index is 2.94. The molecule has 0 amide bonds. The summed E-state index contributed by atoms with van der Waals surface area (Å²) in [5.41, 5.74) is 0.527. The van der Waals surface area contributed by atoms with Gasteiger partial charge in [0, 0.05) is 4.90 Å². The van der Waals surface area contributed by atoms with Gasteiger partial charge >= 0.3 is 5.97 Å². The lowest BCUT2D eigenvalue weighted by molar-refractivity contribution is -0.137. The molecule has 84 valence electrons. The van der Waals surface area contributed by atoms with Crippen LogP contribution >= 0.6 is 11.8 Å². The van der Waals surface area contributed by atoms with Crippen molar-refractivity contribution in [1.82, 2.24) is 0 Å². The highest BCUT2D eigenvalue weighted by Gasteiger charge is 2.23. The molecule has 0 aliphatic rings. The first-order valence-corrected chi connectivity index (χ1v) is 5.82. The van der Waals surface area contributed by atoms with E-state index in [-0.39, 0.29) is 5.92 Å². The summed E-state index contributed by atoms with van der Waals surface area (Å²) >= 11 is 1.23. The summed E-state index contributed by atoms with van der Waals surface area (Å²) in [5.74, 6) is -0.818. The summed E-state index contributed by atoms with van der Waals surface area (Å²) in [7, 11) is 0. The average Bonchev–Trinajstić information content (AvgIpc) is 2.25. The summed E-state index contributed by atoms with van der Waals surface area (Å²) < 4.78 is 0. The van der Waals surface area contributed by atoms with Crippen LogP contribution in [0.15, 0.2) is 29.2 Å². The predicted molar refractivity (Wildman–Crippen MR) is 63.3 cm³/mol. The van der Waals surface area contributed by atoms with E-state index in [2.05, 4.69) is 6.07 Å². The van der Waals surface area contributed by atoms with Crippen molar-refractivity contribution >= 4 is 17.7 Å². The normalized spacial score (nSPS) is 12.1. The van der Waals surface area contributed by atoms with Gasteiger partial charge in [-0.05, 0) is 18.1 Å². The second-order valence-corrected chi connectivity index (χ2v) is 4.91. The molecule has 0 saturated carbocycles. The molecule has 1 unspecified atom stereocenters. The number of nitrogens with zero attached hydrogens (tertiary/aromatic N) is 1. The van der Waals surface area contributed by atoms with Gasteiger partial charge in [-0.1, -0.05) is 26.0 Å². The van der Waals surface area contributed by atoms with Crippen molar-refractivity contribution in [1.29, 1.82) is 5.26 Å². The van der Waals surface area contributed by atoms with E-state index < -0.39 is 11.2 Å². The number of carbonyl (C=O) groups is 1. The van der Waals surface area contributed by atoms with Crippen molar-refractivity contribution in [2.45, 2.75) is 24.0 Å². The molecule has 1 aromatic rings. The Morgan fingerprint density at radius 1 is 1.44 bits per heavy atom. The van der Waals surface area contributed by atoms with Crippen LogP contribution in [-0.2, 0) is 4.79 Å². The van der Waals surface area contributed by atoms with E-state index in [9.17, 15) is 4.79 Å². The van der Waals surface area contributed by atoms with Crippen molar-refractivity contribution < 1.29 is 9.90 Å². The molecule has 0 saturated heterocycles. The van der Waals surface area contributed by atoms with Crippen LogP contribution in [0.1, 0.15) is 19.4 Å². The first-order valence-electron chi connectivity index (χ1n) is 4.95. The van der Waals surface area contributed by atoms with Crippen molar-refractivity contribution in [3.63, 3.8) is 0 Å². The SMILES string of the molecule is CC(C)C(Sc1ccccc1C#N)C(=O)O. The molecule has 0 aromatic heterocycles. The first kappa shape index (κ1) is 12.6. The first-order chi connectivity index (χ1) is 7.56. The molecule has 0 aliphatic heterocycles. The molecule has 0 radical (unpaired) electrons. The van der Waals surface area contributed by atoms with Crippen LogP contribution in [0.4, 0.5) is 0 Å². The lowest BCUT2D eigenvalue weighted by Crippen LogP contribution is -2.22. The number of carboxylic acid groups (broad SMARTS) is 1. The van der Waals surface area contributed by atoms with Gasteiger partial charge in [-0.2, -0.15) is 5.26 Å². The van der Waals surface area contributed by atoms with Gasteiger partial charge < -0.3 is 5.11 Å². The Morgan fingerprint density at radius 2 is 2.06 bits per heavy atom. The average molecular weight is 235 g/mol. The molecule has 0 bridgehead atoms. The van der Waals surface area contributed by atoms with Crippen LogP contribution < -0.4 is 0 Å². The summed E-state index contributed by atoms with van der Waals surface area (Å²) in [6.07, 6.45) is 0. The second-order valence-electron chi connectivity index (χ2n) is 3.73. The summed E-state index contributed by atoms with van der Waals surface area (Å²) in [4.78, 5) is 11.8.